The van der Waals surface area contributed by atoms with Gasteiger partial charge in [0.25, 0.3) is 11.8 Å². The minimum atomic E-state index is -0.748. The third-order valence-corrected chi connectivity index (χ3v) is 10.5. The number of hydrogen-bond donors (Lipinski definition) is 1. The summed E-state index contributed by atoms with van der Waals surface area (Å²) in [6.07, 6.45) is 11.6. The molecule has 1 heterocycles. The van der Waals surface area contributed by atoms with Gasteiger partial charge in [-0.2, -0.15) is 0 Å². The molecule has 7 heteroatoms. The first-order valence-corrected chi connectivity index (χ1v) is 16.9. The number of nitrogens with one attached hydrogen (secondary N) is 1. The predicted octanol–water partition coefficient (Wildman–Crippen LogP) is 7.84. The van der Waals surface area contributed by atoms with Crippen LogP contribution in [-0.2, 0) is 28.0 Å². The smallest absolute Gasteiger partial charge is 0.335 e. The lowest BCUT2D eigenvalue weighted by atomic mass is 9.48. The highest BCUT2D eigenvalue weighted by Crippen LogP contribution is 2.60. The maximum atomic E-state index is 13.8. The largest absolute Gasteiger partial charge is 0.490 e. The molecular formula is C40H42N2O5. The molecule has 4 amide bonds. The van der Waals surface area contributed by atoms with Crippen molar-refractivity contribution in [2.24, 2.45) is 17.8 Å². The van der Waals surface area contributed by atoms with Crippen molar-refractivity contribution in [3.05, 3.63) is 107 Å². The summed E-state index contributed by atoms with van der Waals surface area (Å²) in [4.78, 5) is 41.0. The number of anilines is 1. The Bertz CT molecular complexity index is 1720. The number of carbonyl (C=O) groups is 3. The van der Waals surface area contributed by atoms with Crippen molar-refractivity contribution in [3.8, 4) is 11.5 Å². The summed E-state index contributed by atoms with van der Waals surface area (Å²) in [7, 11) is 0. The maximum Gasteiger partial charge on any atom is 0.335 e. The molecule has 0 unspecified atom stereocenters. The molecule has 0 spiro atoms. The molecule has 242 valence electrons. The van der Waals surface area contributed by atoms with Gasteiger partial charge in [-0.15, -0.1) is 6.58 Å². The van der Waals surface area contributed by atoms with Gasteiger partial charge in [-0.3, -0.25) is 14.9 Å². The van der Waals surface area contributed by atoms with Crippen LogP contribution in [-0.4, -0.2) is 24.5 Å². The Kier molecular flexibility index (Phi) is 8.25. The Morgan fingerprint density at radius 3 is 2.19 bits per heavy atom. The van der Waals surface area contributed by atoms with Crippen LogP contribution in [0.3, 0.4) is 0 Å². The average molecular weight is 631 g/mol. The molecule has 3 aromatic rings. The molecule has 3 aromatic carbocycles. The second kappa shape index (κ2) is 12.5. The topological polar surface area (TPSA) is 84.9 Å². The van der Waals surface area contributed by atoms with E-state index < -0.39 is 17.8 Å². The predicted molar refractivity (Wildman–Crippen MR) is 182 cm³/mol. The number of barbiturate groups is 1. The summed E-state index contributed by atoms with van der Waals surface area (Å²) >= 11 is 0. The third kappa shape index (κ3) is 5.99. The van der Waals surface area contributed by atoms with Crippen LogP contribution in [0.5, 0.6) is 11.5 Å². The van der Waals surface area contributed by atoms with Gasteiger partial charge < -0.3 is 9.47 Å². The Labute approximate surface area is 276 Å². The molecule has 0 radical (unpaired) electrons. The number of allylic oxidation sites excluding steroid dienone is 1. The number of nitrogens with zero attached hydrogens (tertiary/aromatic N) is 1. The van der Waals surface area contributed by atoms with Gasteiger partial charge in [0.1, 0.15) is 12.2 Å². The van der Waals surface area contributed by atoms with E-state index in [1.807, 2.05) is 56.3 Å². The van der Waals surface area contributed by atoms with Gasteiger partial charge in [0.15, 0.2) is 11.5 Å². The molecule has 47 heavy (non-hydrogen) atoms. The highest BCUT2D eigenvalue weighted by Gasteiger charge is 2.51. The number of amides is 4. The zero-order valence-electron chi connectivity index (χ0n) is 27.2. The first kappa shape index (κ1) is 31.0. The second-order valence-corrected chi connectivity index (χ2v) is 13.9. The molecule has 4 aliphatic carbocycles. The van der Waals surface area contributed by atoms with E-state index in [1.165, 1.54) is 55.7 Å². The lowest BCUT2D eigenvalue weighted by Crippen LogP contribution is -2.54. The van der Waals surface area contributed by atoms with E-state index in [4.69, 9.17) is 9.47 Å². The summed E-state index contributed by atoms with van der Waals surface area (Å²) in [5.74, 6) is 2.15. The standard InChI is InChI=1S/C40H42N2O5/c1-4-6-31-18-27(20-35(46-5-2)36(31)47-24-26-9-7-25(3)8-10-26)19-34-37(43)41-39(45)42(38(34)44)33-13-11-32(12-14-33)40-21-28-15-29(22-40)17-30(16-28)23-40/h4,7-14,18-20,28-30H,1,5-6,15-17,21-24H2,2-3H3,(H,41,43,45)/b34-19+. The first-order chi connectivity index (χ1) is 22.7. The zero-order chi connectivity index (χ0) is 32.7. The fourth-order valence-electron chi connectivity index (χ4n) is 8.83. The number of hydrogen-bond acceptors (Lipinski definition) is 5. The minimum Gasteiger partial charge on any atom is -0.490 e. The number of rotatable bonds is 10. The molecule has 0 atom stereocenters. The van der Waals surface area contributed by atoms with Crippen LogP contribution in [0.15, 0.2) is 78.9 Å². The third-order valence-electron chi connectivity index (χ3n) is 10.5. The molecule has 7 nitrogen and oxygen atoms in total. The quantitative estimate of drug-likeness (QED) is 0.140. The molecule has 1 saturated heterocycles. The SMILES string of the molecule is C=CCc1cc(/C=C2\C(=O)NC(=O)N(c3ccc(C45CC6CC(CC(C6)C4)C5)cc3)C2=O)cc(OCC)c1OCc1ccc(C)cc1. The van der Waals surface area contributed by atoms with E-state index in [0.717, 1.165) is 33.8 Å². The second-order valence-electron chi connectivity index (χ2n) is 13.9. The lowest BCUT2D eigenvalue weighted by Gasteiger charge is -2.57. The molecule has 1 aliphatic heterocycles. The fraction of sp³-hybridized carbons (Fsp3) is 0.375. The van der Waals surface area contributed by atoms with Crippen molar-refractivity contribution in [2.75, 3.05) is 11.5 Å². The fourth-order valence-corrected chi connectivity index (χ4v) is 8.83. The number of aryl methyl sites for hydroxylation is 1. The Morgan fingerprint density at radius 2 is 1.57 bits per heavy atom. The van der Waals surface area contributed by atoms with Crippen molar-refractivity contribution >= 4 is 29.6 Å². The minimum absolute atomic E-state index is 0.130. The van der Waals surface area contributed by atoms with Gasteiger partial charge in [0, 0.05) is 5.56 Å². The molecule has 4 saturated carbocycles. The van der Waals surface area contributed by atoms with Gasteiger partial charge in [-0.25, -0.2) is 9.69 Å². The van der Waals surface area contributed by atoms with Crippen molar-refractivity contribution in [1.82, 2.24) is 5.32 Å². The summed E-state index contributed by atoms with van der Waals surface area (Å²) in [6, 6.07) is 18.9. The molecular weight excluding hydrogens is 588 g/mol. The van der Waals surface area contributed by atoms with Crippen molar-refractivity contribution in [1.29, 1.82) is 0 Å². The molecule has 4 bridgehead atoms. The number of ether oxygens (including phenoxy) is 2. The molecule has 5 aliphatic rings. The number of benzene rings is 3. The van der Waals surface area contributed by atoms with E-state index in [2.05, 4.69) is 24.0 Å². The van der Waals surface area contributed by atoms with Gasteiger partial charge in [0.2, 0.25) is 0 Å². The highest BCUT2D eigenvalue weighted by molar-refractivity contribution is 6.39. The first-order valence-electron chi connectivity index (χ1n) is 16.9. The van der Waals surface area contributed by atoms with Crippen LogP contribution in [0.25, 0.3) is 6.08 Å². The summed E-state index contributed by atoms with van der Waals surface area (Å²) in [5.41, 5.74) is 5.41. The van der Waals surface area contributed by atoms with Crippen LogP contribution in [0, 0.1) is 24.7 Å². The van der Waals surface area contributed by atoms with Crippen LogP contribution in [0.4, 0.5) is 10.5 Å². The van der Waals surface area contributed by atoms with E-state index in [-0.39, 0.29) is 11.0 Å². The maximum absolute atomic E-state index is 13.8. The molecule has 8 rings (SSSR count). The van der Waals surface area contributed by atoms with Crippen molar-refractivity contribution in [2.45, 2.75) is 70.8 Å². The number of urea groups is 1. The average Bonchev–Trinajstić information content (AvgIpc) is 3.03. The van der Waals surface area contributed by atoms with Gasteiger partial charge in [-0.1, -0.05) is 48.0 Å². The van der Waals surface area contributed by atoms with Crippen LogP contribution < -0.4 is 19.7 Å². The summed E-state index contributed by atoms with van der Waals surface area (Å²) in [5, 5.41) is 2.37. The Balaban J connectivity index is 1.16. The molecule has 5 fully saturated rings. The van der Waals surface area contributed by atoms with Crippen LogP contribution in [0.2, 0.25) is 0 Å². The van der Waals surface area contributed by atoms with Crippen molar-refractivity contribution in [3.63, 3.8) is 0 Å². The van der Waals surface area contributed by atoms with Crippen molar-refractivity contribution < 1.29 is 23.9 Å². The van der Waals surface area contributed by atoms with E-state index in [1.54, 1.807) is 12.1 Å². The van der Waals surface area contributed by atoms with Gasteiger partial charge in [-0.05, 0) is 129 Å². The Hall–Kier alpha value is -4.65. The highest BCUT2D eigenvalue weighted by atomic mass is 16.5. The molecule has 0 aromatic heterocycles. The van der Waals surface area contributed by atoms with E-state index >= 15 is 0 Å². The van der Waals surface area contributed by atoms with E-state index in [0.29, 0.717) is 42.4 Å². The summed E-state index contributed by atoms with van der Waals surface area (Å²) < 4.78 is 12.3. The zero-order valence-corrected chi connectivity index (χ0v) is 27.2. The number of imide groups is 2. The van der Waals surface area contributed by atoms with Gasteiger partial charge in [0.05, 0.1) is 12.3 Å². The van der Waals surface area contributed by atoms with E-state index in [9.17, 15) is 14.4 Å². The lowest BCUT2D eigenvalue weighted by molar-refractivity contribution is -0.122. The van der Waals surface area contributed by atoms with Gasteiger partial charge >= 0.3 is 6.03 Å². The molecule has 1 N–H and O–H groups in total. The summed E-state index contributed by atoms with van der Waals surface area (Å²) in [6.45, 7) is 8.58. The monoisotopic (exact) mass is 630 g/mol. The van der Waals surface area contributed by atoms with Crippen LogP contribution >= 0.6 is 0 Å². The normalized spacial score (nSPS) is 25.7. The Morgan fingerprint density at radius 1 is 0.915 bits per heavy atom. The number of carbonyl (C=O) groups excluding carboxylic acids is 3. The van der Waals surface area contributed by atoms with Crippen LogP contribution in [0.1, 0.15) is 73.3 Å².